The zero-order valence-electron chi connectivity index (χ0n) is 10.9. The fraction of sp³-hybridized carbons (Fsp3) is 0.0769. The van der Waals surface area contributed by atoms with E-state index in [1.54, 1.807) is 23.6 Å². The lowest BCUT2D eigenvalue weighted by Gasteiger charge is -2.06. The summed E-state index contributed by atoms with van der Waals surface area (Å²) in [6.07, 6.45) is -3.04. The Morgan fingerprint density at radius 3 is 2.73 bits per heavy atom. The van der Waals surface area contributed by atoms with Crippen LogP contribution >= 0.6 is 22.7 Å². The first kappa shape index (κ1) is 14.8. The van der Waals surface area contributed by atoms with E-state index in [1.165, 1.54) is 17.6 Å². The van der Waals surface area contributed by atoms with Crippen molar-refractivity contribution in [1.29, 1.82) is 0 Å². The van der Waals surface area contributed by atoms with Crippen molar-refractivity contribution in [2.75, 3.05) is 11.2 Å². The zero-order chi connectivity index (χ0) is 15.7. The molecule has 0 aliphatic heterocycles. The van der Waals surface area contributed by atoms with E-state index in [9.17, 15) is 13.2 Å². The Morgan fingerprint density at radius 2 is 2.05 bits per heavy atom. The standard InChI is InChI=1S/C13H9F3N4S2/c14-13(15,16)8-5-21-9-3-1-2-7(11(8)9)4-18-20-12-19-10(17)6-22-12/h1-6H,17H2,(H,19,20). The molecule has 3 aromatic rings. The summed E-state index contributed by atoms with van der Waals surface area (Å²) >= 11 is 2.32. The van der Waals surface area contributed by atoms with Gasteiger partial charge in [-0.05, 0) is 6.07 Å². The molecule has 0 fully saturated rings. The SMILES string of the molecule is Nc1csc(NN=Cc2cccc3scc(C(F)(F)F)c23)n1. The minimum absolute atomic E-state index is 0.157. The van der Waals surface area contributed by atoms with Gasteiger partial charge in [0.2, 0.25) is 5.13 Å². The number of benzene rings is 1. The highest BCUT2D eigenvalue weighted by Crippen LogP contribution is 2.39. The third-order valence-corrected chi connectivity index (χ3v) is 4.54. The van der Waals surface area contributed by atoms with Crippen LogP contribution in [-0.4, -0.2) is 11.2 Å². The maximum Gasteiger partial charge on any atom is 0.417 e. The minimum atomic E-state index is -4.39. The Balaban J connectivity index is 1.94. The van der Waals surface area contributed by atoms with Gasteiger partial charge in [0.05, 0.1) is 11.8 Å². The molecular weight excluding hydrogens is 333 g/mol. The maximum absolute atomic E-state index is 13.0. The molecule has 3 rings (SSSR count). The number of nitrogens with one attached hydrogen (secondary N) is 1. The van der Waals surface area contributed by atoms with E-state index < -0.39 is 11.7 Å². The number of halogens is 3. The van der Waals surface area contributed by atoms with Gasteiger partial charge in [0.1, 0.15) is 5.82 Å². The number of aromatic nitrogens is 1. The lowest BCUT2D eigenvalue weighted by Crippen LogP contribution is -2.04. The maximum atomic E-state index is 13.0. The van der Waals surface area contributed by atoms with Crippen molar-refractivity contribution in [1.82, 2.24) is 4.98 Å². The number of hydrogen-bond acceptors (Lipinski definition) is 6. The van der Waals surface area contributed by atoms with Crippen LogP contribution in [0.25, 0.3) is 10.1 Å². The molecule has 1 aromatic carbocycles. The Hall–Kier alpha value is -2.13. The van der Waals surface area contributed by atoms with Crippen molar-refractivity contribution >= 4 is 49.9 Å². The molecule has 0 unspecified atom stereocenters. The number of nitrogen functional groups attached to an aromatic ring is 1. The van der Waals surface area contributed by atoms with Gasteiger partial charge in [0, 0.05) is 26.4 Å². The molecule has 2 aromatic heterocycles. The summed E-state index contributed by atoms with van der Waals surface area (Å²) in [7, 11) is 0. The molecule has 0 radical (unpaired) electrons. The molecule has 0 saturated heterocycles. The van der Waals surface area contributed by atoms with Gasteiger partial charge < -0.3 is 5.73 Å². The number of hydrazone groups is 1. The molecule has 0 amide bonds. The quantitative estimate of drug-likeness (QED) is 0.547. The van der Waals surface area contributed by atoms with E-state index in [4.69, 9.17) is 5.73 Å². The van der Waals surface area contributed by atoms with Crippen molar-refractivity contribution < 1.29 is 13.2 Å². The van der Waals surface area contributed by atoms with Gasteiger partial charge in [-0.3, -0.25) is 5.43 Å². The van der Waals surface area contributed by atoms with E-state index >= 15 is 0 Å². The van der Waals surface area contributed by atoms with Gasteiger partial charge in [0.25, 0.3) is 0 Å². The number of nitrogens with two attached hydrogens (primary N) is 1. The number of anilines is 2. The summed E-state index contributed by atoms with van der Waals surface area (Å²) in [5, 5.41) is 7.32. The third-order valence-electron chi connectivity index (χ3n) is 2.82. The molecule has 22 heavy (non-hydrogen) atoms. The van der Waals surface area contributed by atoms with Crippen molar-refractivity contribution in [2.24, 2.45) is 5.10 Å². The smallest absolute Gasteiger partial charge is 0.383 e. The van der Waals surface area contributed by atoms with Crippen molar-refractivity contribution in [3.8, 4) is 0 Å². The van der Waals surface area contributed by atoms with Gasteiger partial charge in [-0.15, -0.1) is 22.7 Å². The van der Waals surface area contributed by atoms with Crippen LogP contribution in [0.1, 0.15) is 11.1 Å². The fourth-order valence-corrected chi connectivity index (χ4v) is 3.47. The molecular formula is C13H9F3N4S2. The van der Waals surface area contributed by atoms with E-state index in [2.05, 4.69) is 15.5 Å². The third kappa shape index (κ3) is 2.90. The molecule has 0 atom stereocenters. The van der Waals surface area contributed by atoms with Crippen LogP contribution in [-0.2, 0) is 6.18 Å². The molecule has 3 N–H and O–H groups in total. The van der Waals surface area contributed by atoms with Crippen LogP contribution in [0.15, 0.2) is 34.1 Å². The largest absolute Gasteiger partial charge is 0.417 e. The van der Waals surface area contributed by atoms with E-state index in [1.807, 2.05) is 0 Å². The van der Waals surface area contributed by atoms with Gasteiger partial charge in [-0.1, -0.05) is 12.1 Å². The lowest BCUT2D eigenvalue weighted by atomic mass is 10.1. The van der Waals surface area contributed by atoms with Gasteiger partial charge in [-0.25, -0.2) is 4.98 Å². The van der Waals surface area contributed by atoms with Gasteiger partial charge >= 0.3 is 6.18 Å². The number of hydrogen-bond donors (Lipinski definition) is 2. The first-order valence-electron chi connectivity index (χ1n) is 6.02. The Morgan fingerprint density at radius 1 is 1.23 bits per heavy atom. The minimum Gasteiger partial charge on any atom is -0.383 e. The molecule has 9 heteroatoms. The normalized spacial score (nSPS) is 12.3. The first-order chi connectivity index (χ1) is 10.4. The molecule has 4 nitrogen and oxygen atoms in total. The van der Waals surface area contributed by atoms with E-state index in [0.29, 0.717) is 21.2 Å². The molecule has 114 valence electrons. The second kappa shape index (κ2) is 5.58. The van der Waals surface area contributed by atoms with Crippen LogP contribution in [0.4, 0.5) is 24.1 Å². The predicted molar refractivity (Wildman–Crippen MR) is 84.6 cm³/mol. The predicted octanol–water partition coefficient (Wildman–Crippen LogP) is 4.40. The summed E-state index contributed by atoms with van der Waals surface area (Å²) in [5.74, 6) is 0.363. The Labute approximate surface area is 131 Å². The second-order valence-corrected chi connectivity index (χ2v) is 6.08. The molecule has 0 spiro atoms. The second-order valence-electron chi connectivity index (χ2n) is 4.32. The number of alkyl halides is 3. The lowest BCUT2D eigenvalue weighted by molar-refractivity contribution is -0.136. The van der Waals surface area contributed by atoms with Crippen LogP contribution < -0.4 is 11.2 Å². The number of fused-ring (bicyclic) bond motifs is 1. The van der Waals surface area contributed by atoms with Crippen LogP contribution in [0, 0.1) is 0 Å². The van der Waals surface area contributed by atoms with Crippen molar-refractivity contribution in [3.05, 3.63) is 40.1 Å². The van der Waals surface area contributed by atoms with Gasteiger partial charge in [0.15, 0.2) is 0 Å². The van der Waals surface area contributed by atoms with E-state index in [-0.39, 0.29) is 5.39 Å². The summed E-state index contributed by atoms with van der Waals surface area (Å²) in [6.45, 7) is 0. The number of thiophene rings is 1. The van der Waals surface area contributed by atoms with E-state index in [0.717, 1.165) is 16.7 Å². The fourth-order valence-electron chi connectivity index (χ4n) is 1.93. The first-order valence-corrected chi connectivity index (χ1v) is 7.78. The summed E-state index contributed by atoms with van der Waals surface area (Å²) < 4.78 is 39.7. The highest BCUT2D eigenvalue weighted by atomic mass is 32.1. The Kier molecular flexibility index (Phi) is 3.75. The average Bonchev–Trinajstić information content (AvgIpc) is 3.05. The number of thiazole rings is 1. The summed E-state index contributed by atoms with van der Waals surface area (Å²) in [4.78, 5) is 3.94. The van der Waals surface area contributed by atoms with Gasteiger partial charge in [-0.2, -0.15) is 18.3 Å². The average molecular weight is 342 g/mol. The highest BCUT2D eigenvalue weighted by molar-refractivity contribution is 7.17. The molecule has 0 saturated carbocycles. The zero-order valence-corrected chi connectivity index (χ0v) is 12.5. The highest BCUT2D eigenvalue weighted by Gasteiger charge is 2.34. The number of rotatable bonds is 3. The molecule has 0 bridgehead atoms. The monoisotopic (exact) mass is 342 g/mol. The van der Waals surface area contributed by atoms with Crippen molar-refractivity contribution in [3.63, 3.8) is 0 Å². The van der Waals surface area contributed by atoms with Crippen LogP contribution in [0.2, 0.25) is 0 Å². The van der Waals surface area contributed by atoms with Crippen LogP contribution in [0.5, 0.6) is 0 Å². The van der Waals surface area contributed by atoms with Crippen molar-refractivity contribution in [2.45, 2.75) is 6.18 Å². The molecule has 2 heterocycles. The molecule has 0 aliphatic carbocycles. The molecule has 0 aliphatic rings. The summed E-state index contributed by atoms with van der Waals surface area (Å²) in [5.41, 5.74) is 7.87. The topological polar surface area (TPSA) is 63.3 Å². The number of nitrogens with zero attached hydrogens (tertiary/aromatic N) is 2. The summed E-state index contributed by atoms with van der Waals surface area (Å²) in [6, 6.07) is 4.94. The Bertz CT molecular complexity index is 835. The van der Waals surface area contributed by atoms with Crippen LogP contribution in [0.3, 0.4) is 0 Å².